The zero-order chi connectivity index (χ0) is 38.7. The number of aromatic nitrogens is 3. The van der Waals surface area contributed by atoms with Crippen molar-refractivity contribution in [1.82, 2.24) is 35.8 Å². The number of nitrogens with zero attached hydrogens (tertiary/aromatic N) is 3. The van der Waals surface area contributed by atoms with Crippen molar-refractivity contribution < 1.29 is 14.4 Å². The van der Waals surface area contributed by atoms with Gasteiger partial charge in [0.1, 0.15) is 17.1 Å². The molecule has 3 unspecified atom stereocenters. The van der Waals surface area contributed by atoms with E-state index in [1.54, 1.807) is 25.6 Å². The number of unbranched alkanes of at least 4 members (excludes halogenated alkanes) is 1. The summed E-state index contributed by atoms with van der Waals surface area (Å²) in [5.41, 5.74) is 18.4. The van der Waals surface area contributed by atoms with E-state index in [1.807, 2.05) is 54.7 Å². The lowest BCUT2D eigenvalue weighted by Crippen LogP contribution is -2.57. The summed E-state index contributed by atoms with van der Waals surface area (Å²) < 4.78 is 0. The highest BCUT2D eigenvalue weighted by atomic mass is 32.2. The van der Waals surface area contributed by atoms with E-state index in [9.17, 15) is 14.4 Å². The lowest BCUT2D eigenvalue weighted by molar-refractivity contribution is -0.142. The molecule has 0 fully saturated rings. The minimum absolute atomic E-state index is 0.200. The summed E-state index contributed by atoms with van der Waals surface area (Å²) >= 11 is 1.54. The van der Waals surface area contributed by atoms with Crippen LogP contribution < -0.4 is 27.4 Å². The fraction of sp³-hybridized carbons (Fsp3) is 0.357. The molecule has 288 valence electrons. The first-order chi connectivity index (χ1) is 26.8. The molecule has 2 aromatic carbocycles. The third-order valence-electron chi connectivity index (χ3n) is 10.3. The number of para-hydroxylation sites is 1. The van der Waals surface area contributed by atoms with E-state index >= 15 is 0 Å². The Morgan fingerprint density at radius 1 is 0.855 bits per heavy atom. The lowest BCUT2D eigenvalue weighted by Gasteiger charge is -2.32. The van der Waals surface area contributed by atoms with Crippen LogP contribution in [0.15, 0.2) is 95.4 Å². The molecule has 4 heterocycles. The van der Waals surface area contributed by atoms with E-state index in [0.717, 1.165) is 54.2 Å². The zero-order valence-corrected chi connectivity index (χ0v) is 32.3. The van der Waals surface area contributed by atoms with Crippen LogP contribution in [0.5, 0.6) is 0 Å². The molecule has 3 amide bonds. The topological polar surface area (TPSA) is 184 Å². The SMILES string of the molecule is Cc1ccc(-c2ccncc2)c2c1Sc1ncccc1CNC(CCCN)C(=O)NC(CCCCN)C(=O)N(C)C(Cc1c[nH]c3ccccc13)C(=O)NC2. The van der Waals surface area contributed by atoms with Gasteiger partial charge < -0.3 is 37.3 Å². The van der Waals surface area contributed by atoms with Crippen LogP contribution in [-0.4, -0.2) is 75.8 Å². The normalized spacial score (nSPS) is 18.7. The summed E-state index contributed by atoms with van der Waals surface area (Å²) in [6.07, 6.45) is 10.2. The molecule has 13 heteroatoms. The van der Waals surface area contributed by atoms with Crippen molar-refractivity contribution in [3.8, 4) is 11.1 Å². The molecule has 0 radical (unpaired) electrons. The van der Waals surface area contributed by atoms with Crippen molar-refractivity contribution in [3.05, 3.63) is 108 Å². The maximum Gasteiger partial charge on any atom is 0.245 e. The van der Waals surface area contributed by atoms with Gasteiger partial charge in [-0.3, -0.25) is 19.4 Å². The van der Waals surface area contributed by atoms with Crippen LogP contribution in [0.2, 0.25) is 0 Å². The molecule has 3 atom stereocenters. The number of nitrogens with one attached hydrogen (secondary N) is 4. The second kappa shape index (κ2) is 19.0. The van der Waals surface area contributed by atoms with Crippen LogP contribution in [0.3, 0.4) is 0 Å². The second-order valence-electron chi connectivity index (χ2n) is 14.0. The lowest BCUT2D eigenvalue weighted by atomic mass is 9.97. The number of carbonyl (C=O) groups excluding carboxylic acids is 3. The van der Waals surface area contributed by atoms with Crippen molar-refractivity contribution in [3.63, 3.8) is 0 Å². The van der Waals surface area contributed by atoms with Crippen molar-refractivity contribution in [2.75, 3.05) is 20.1 Å². The van der Waals surface area contributed by atoms with Gasteiger partial charge in [-0.05, 0) is 110 Å². The number of rotatable bonds is 10. The standard InChI is InChI=1S/C42H51N9O3S/c1-27-14-15-31(28-16-21-45-22-17-28)33-26-49-40(53)37(23-30-25-47-34-11-4-3-10-32(30)34)51(2)42(54)36(12-5-6-18-43)50-39(52)35(13-7-19-44)48-24-29-9-8-20-46-41(29)55-38(27)33/h3-4,8-11,14-17,20-22,25,35-37,47-48H,5-7,12-13,18-19,23-24,26,43-44H2,1-2H3,(H,49,53)(H,50,52). The molecule has 0 saturated heterocycles. The van der Waals surface area contributed by atoms with Gasteiger partial charge in [-0.2, -0.15) is 0 Å². The van der Waals surface area contributed by atoms with E-state index in [1.165, 1.54) is 16.7 Å². The van der Waals surface area contributed by atoms with Gasteiger partial charge in [0.05, 0.1) is 6.04 Å². The molecule has 0 bridgehead atoms. The Hall–Kier alpha value is -5.08. The number of benzene rings is 2. The third-order valence-corrected chi connectivity index (χ3v) is 11.6. The molecule has 55 heavy (non-hydrogen) atoms. The Morgan fingerprint density at radius 2 is 1.64 bits per heavy atom. The number of hydrogen-bond acceptors (Lipinski definition) is 9. The van der Waals surface area contributed by atoms with Gasteiger partial charge in [0.25, 0.3) is 0 Å². The molecule has 1 aliphatic rings. The fourth-order valence-corrected chi connectivity index (χ4v) is 8.23. The number of pyridine rings is 2. The van der Waals surface area contributed by atoms with Crippen molar-refractivity contribution in [2.45, 2.75) is 86.6 Å². The Labute approximate surface area is 326 Å². The summed E-state index contributed by atoms with van der Waals surface area (Å²) in [7, 11) is 1.65. The number of aryl methyl sites for hydroxylation is 1. The molecular formula is C42H51N9O3S. The summed E-state index contributed by atoms with van der Waals surface area (Å²) in [4.78, 5) is 58.1. The number of likely N-dealkylation sites (N-methyl/N-ethyl adjacent to an activating group) is 1. The van der Waals surface area contributed by atoms with Gasteiger partial charge in [0, 0.05) is 67.1 Å². The molecule has 3 aromatic heterocycles. The Bertz CT molecular complexity index is 2090. The maximum absolute atomic E-state index is 14.7. The third kappa shape index (κ3) is 9.60. The number of amides is 3. The minimum Gasteiger partial charge on any atom is -0.361 e. The summed E-state index contributed by atoms with van der Waals surface area (Å²) in [5, 5.41) is 11.5. The van der Waals surface area contributed by atoms with E-state index in [0.29, 0.717) is 51.7 Å². The number of fused-ring (bicyclic) bond motifs is 3. The van der Waals surface area contributed by atoms with Crippen LogP contribution >= 0.6 is 11.8 Å². The van der Waals surface area contributed by atoms with Crippen LogP contribution in [0, 0.1) is 6.92 Å². The van der Waals surface area contributed by atoms with Crippen molar-refractivity contribution in [1.29, 1.82) is 0 Å². The quantitative estimate of drug-likeness (QED) is 0.111. The number of carbonyl (C=O) groups is 3. The van der Waals surface area contributed by atoms with Crippen LogP contribution in [0.4, 0.5) is 0 Å². The molecule has 6 rings (SSSR count). The predicted molar refractivity (Wildman–Crippen MR) is 217 cm³/mol. The van der Waals surface area contributed by atoms with Gasteiger partial charge in [-0.25, -0.2) is 4.98 Å². The number of hydrogen-bond donors (Lipinski definition) is 6. The first-order valence-corrected chi connectivity index (χ1v) is 19.8. The van der Waals surface area contributed by atoms with E-state index in [2.05, 4.69) is 45.0 Å². The number of H-pyrrole nitrogens is 1. The molecule has 12 nitrogen and oxygen atoms in total. The molecule has 5 aromatic rings. The molecule has 1 aliphatic heterocycles. The minimum atomic E-state index is -0.893. The van der Waals surface area contributed by atoms with E-state index in [-0.39, 0.29) is 30.7 Å². The smallest absolute Gasteiger partial charge is 0.245 e. The van der Waals surface area contributed by atoms with Gasteiger partial charge in [-0.15, -0.1) is 0 Å². The predicted octanol–water partition coefficient (Wildman–Crippen LogP) is 4.59. The van der Waals surface area contributed by atoms with Gasteiger partial charge >= 0.3 is 0 Å². The van der Waals surface area contributed by atoms with Crippen LogP contribution in [0.25, 0.3) is 22.0 Å². The number of nitrogens with two attached hydrogens (primary N) is 2. The zero-order valence-electron chi connectivity index (χ0n) is 31.5. The molecular weight excluding hydrogens is 711 g/mol. The molecule has 0 spiro atoms. The number of aromatic amines is 1. The average Bonchev–Trinajstić information content (AvgIpc) is 3.62. The highest BCUT2D eigenvalue weighted by molar-refractivity contribution is 7.99. The van der Waals surface area contributed by atoms with Crippen LogP contribution in [-0.2, 0) is 33.9 Å². The molecule has 8 N–H and O–H groups in total. The summed E-state index contributed by atoms with van der Waals surface area (Å²) in [5.74, 6) is -0.945. The van der Waals surface area contributed by atoms with Gasteiger partial charge in [0.15, 0.2) is 0 Å². The highest BCUT2D eigenvalue weighted by Crippen LogP contribution is 2.39. The van der Waals surface area contributed by atoms with E-state index < -0.39 is 18.1 Å². The Kier molecular flexibility index (Phi) is 13.7. The maximum atomic E-state index is 14.7. The van der Waals surface area contributed by atoms with Gasteiger partial charge in [0.2, 0.25) is 17.7 Å². The van der Waals surface area contributed by atoms with Crippen molar-refractivity contribution >= 4 is 40.4 Å². The van der Waals surface area contributed by atoms with Gasteiger partial charge in [-0.1, -0.05) is 48.2 Å². The summed E-state index contributed by atoms with van der Waals surface area (Å²) in [6, 6.07) is 17.5. The largest absolute Gasteiger partial charge is 0.361 e. The Morgan fingerprint density at radius 3 is 2.44 bits per heavy atom. The average molecular weight is 762 g/mol. The summed E-state index contributed by atoms with van der Waals surface area (Å²) in [6.45, 7) is 3.50. The first kappa shape index (κ1) is 39.6. The van der Waals surface area contributed by atoms with E-state index in [4.69, 9.17) is 16.5 Å². The fourth-order valence-electron chi connectivity index (χ4n) is 7.12. The molecule has 0 aliphatic carbocycles. The molecule has 0 saturated carbocycles. The van der Waals surface area contributed by atoms with Crippen LogP contribution in [0.1, 0.15) is 54.4 Å². The highest BCUT2D eigenvalue weighted by Gasteiger charge is 2.34. The monoisotopic (exact) mass is 761 g/mol. The second-order valence-corrected chi connectivity index (χ2v) is 15.0. The van der Waals surface area contributed by atoms with Crippen molar-refractivity contribution in [2.24, 2.45) is 11.5 Å². The first-order valence-electron chi connectivity index (χ1n) is 19.0. The Balaban J connectivity index is 1.46.